The van der Waals surface area contributed by atoms with Crippen molar-refractivity contribution in [3.63, 3.8) is 0 Å². The number of hydrogen-bond donors (Lipinski definition) is 0. The van der Waals surface area contributed by atoms with Gasteiger partial charge in [-0.15, -0.1) is 0 Å². The molecular weight excluding hydrogens is 394 g/mol. The molecule has 4 rings (SSSR count). The third-order valence-electron chi connectivity index (χ3n) is 5.63. The Kier molecular flexibility index (Phi) is 6.55. The van der Waals surface area contributed by atoms with Gasteiger partial charge in [-0.3, -0.25) is 9.59 Å². The second-order valence-corrected chi connectivity index (χ2v) is 7.63. The van der Waals surface area contributed by atoms with Gasteiger partial charge in [-0.1, -0.05) is 18.2 Å². The molecule has 1 fully saturated rings. The molecule has 0 unspecified atom stereocenters. The monoisotopic (exact) mass is 421 g/mol. The van der Waals surface area contributed by atoms with Gasteiger partial charge in [0.15, 0.2) is 17.3 Å². The van der Waals surface area contributed by atoms with Crippen molar-refractivity contribution in [2.45, 2.75) is 19.8 Å². The van der Waals surface area contributed by atoms with Crippen LogP contribution in [0.5, 0.6) is 17.2 Å². The molecule has 0 atom stereocenters. The first-order chi connectivity index (χ1) is 15.2. The highest BCUT2D eigenvalue weighted by Gasteiger charge is 2.28. The number of likely N-dealkylation sites (tertiary alicyclic amines) is 1. The van der Waals surface area contributed by atoms with Crippen LogP contribution >= 0.6 is 0 Å². The molecule has 2 aliphatic rings. The van der Waals surface area contributed by atoms with Gasteiger partial charge >= 0.3 is 0 Å². The summed E-state index contributed by atoms with van der Waals surface area (Å²) in [6, 6.07) is 13.0. The molecule has 2 heterocycles. The molecule has 0 aliphatic carbocycles. The van der Waals surface area contributed by atoms with E-state index in [4.69, 9.17) is 14.2 Å². The largest absolute Gasteiger partial charge is 0.493 e. The van der Waals surface area contributed by atoms with E-state index >= 15 is 0 Å². The molecule has 0 spiro atoms. The SMILES string of the molecule is CCOc1ccccc1C=CC(=O)N1CCC(C(=O)c2ccc3c(c2)OCCO3)CC1. The van der Waals surface area contributed by atoms with Crippen molar-refractivity contribution in [3.8, 4) is 17.2 Å². The van der Waals surface area contributed by atoms with Crippen molar-refractivity contribution in [3.05, 3.63) is 59.7 Å². The average Bonchev–Trinajstić information content (AvgIpc) is 2.83. The number of rotatable bonds is 6. The Labute approximate surface area is 182 Å². The molecule has 6 heteroatoms. The lowest BCUT2D eigenvalue weighted by Crippen LogP contribution is -2.39. The van der Waals surface area contributed by atoms with Crippen LogP contribution in [0.1, 0.15) is 35.7 Å². The maximum atomic E-state index is 12.9. The molecule has 1 saturated heterocycles. The van der Waals surface area contributed by atoms with Gasteiger partial charge < -0.3 is 19.1 Å². The summed E-state index contributed by atoms with van der Waals surface area (Å²) in [5, 5.41) is 0. The standard InChI is InChI=1S/C25H27NO5/c1-2-29-21-6-4-3-5-18(21)8-10-24(27)26-13-11-19(12-14-26)25(28)20-7-9-22-23(17-20)31-16-15-30-22/h3-10,17,19H,2,11-16H2,1H3. The summed E-state index contributed by atoms with van der Waals surface area (Å²) in [6.07, 6.45) is 4.69. The zero-order valence-corrected chi connectivity index (χ0v) is 17.7. The number of carbonyl (C=O) groups is 2. The topological polar surface area (TPSA) is 65.1 Å². The zero-order valence-electron chi connectivity index (χ0n) is 17.7. The molecule has 0 radical (unpaired) electrons. The molecule has 0 N–H and O–H groups in total. The number of hydrogen-bond acceptors (Lipinski definition) is 5. The third kappa shape index (κ3) is 4.90. The van der Waals surface area contributed by atoms with Crippen LogP contribution < -0.4 is 14.2 Å². The summed E-state index contributed by atoms with van der Waals surface area (Å²) < 4.78 is 16.7. The maximum absolute atomic E-state index is 12.9. The smallest absolute Gasteiger partial charge is 0.246 e. The third-order valence-corrected chi connectivity index (χ3v) is 5.63. The van der Waals surface area contributed by atoms with Gasteiger partial charge in [0.25, 0.3) is 0 Å². The van der Waals surface area contributed by atoms with Crippen molar-refractivity contribution in [2.24, 2.45) is 5.92 Å². The van der Waals surface area contributed by atoms with E-state index in [0.717, 1.165) is 11.3 Å². The number of para-hydroxylation sites is 1. The lowest BCUT2D eigenvalue weighted by atomic mass is 9.88. The Morgan fingerprint density at radius 1 is 1.06 bits per heavy atom. The Morgan fingerprint density at radius 2 is 1.81 bits per heavy atom. The summed E-state index contributed by atoms with van der Waals surface area (Å²) in [5.41, 5.74) is 1.52. The number of amides is 1. The Bertz CT molecular complexity index is 976. The van der Waals surface area contributed by atoms with Gasteiger partial charge in [0, 0.05) is 36.2 Å². The van der Waals surface area contributed by atoms with Crippen molar-refractivity contribution >= 4 is 17.8 Å². The van der Waals surface area contributed by atoms with E-state index in [1.165, 1.54) is 0 Å². The van der Waals surface area contributed by atoms with Gasteiger partial charge in [-0.2, -0.15) is 0 Å². The average molecular weight is 421 g/mol. The van der Waals surface area contributed by atoms with Crippen molar-refractivity contribution in [2.75, 3.05) is 32.9 Å². The van der Waals surface area contributed by atoms with Crippen LogP contribution in [0.3, 0.4) is 0 Å². The number of ether oxygens (including phenoxy) is 3. The number of benzene rings is 2. The number of Topliss-reactive ketones (excluding diaryl/α,β-unsaturated/α-hetero) is 1. The highest BCUT2D eigenvalue weighted by atomic mass is 16.6. The van der Waals surface area contributed by atoms with Crippen molar-refractivity contribution < 1.29 is 23.8 Å². The number of piperidine rings is 1. The normalized spacial score (nSPS) is 16.4. The lowest BCUT2D eigenvalue weighted by molar-refractivity contribution is -0.127. The second-order valence-electron chi connectivity index (χ2n) is 7.63. The maximum Gasteiger partial charge on any atom is 0.246 e. The number of ketones is 1. The Balaban J connectivity index is 1.34. The molecule has 0 bridgehead atoms. The summed E-state index contributed by atoms with van der Waals surface area (Å²) in [4.78, 5) is 27.4. The molecular formula is C25H27NO5. The summed E-state index contributed by atoms with van der Waals surface area (Å²) >= 11 is 0. The predicted octanol–water partition coefficient (Wildman–Crippen LogP) is 3.99. The first kappa shape index (κ1) is 21.0. The molecule has 2 aromatic rings. The van der Waals surface area contributed by atoms with Crippen LogP contribution in [0.15, 0.2) is 48.5 Å². The van der Waals surface area contributed by atoms with Gasteiger partial charge in [0.1, 0.15) is 19.0 Å². The van der Waals surface area contributed by atoms with Crippen LogP contribution in [0.4, 0.5) is 0 Å². The summed E-state index contributed by atoms with van der Waals surface area (Å²) in [5.74, 6) is 2.04. The molecule has 2 aliphatic heterocycles. The molecule has 0 aromatic heterocycles. The van der Waals surface area contributed by atoms with Crippen LogP contribution in [0.25, 0.3) is 6.08 Å². The fourth-order valence-electron chi connectivity index (χ4n) is 3.97. The van der Waals surface area contributed by atoms with E-state index < -0.39 is 0 Å². The summed E-state index contributed by atoms with van der Waals surface area (Å²) in [7, 11) is 0. The molecule has 2 aromatic carbocycles. The molecule has 0 saturated carbocycles. The minimum atomic E-state index is -0.0886. The van der Waals surface area contributed by atoms with Gasteiger partial charge in [0.2, 0.25) is 5.91 Å². The van der Waals surface area contributed by atoms with Crippen LogP contribution in [0.2, 0.25) is 0 Å². The van der Waals surface area contributed by atoms with Gasteiger partial charge in [-0.25, -0.2) is 0 Å². The quantitative estimate of drug-likeness (QED) is 0.521. The molecule has 6 nitrogen and oxygen atoms in total. The molecule has 162 valence electrons. The first-order valence-corrected chi connectivity index (χ1v) is 10.8. The summed E-state index contributed by atoms with van der Waals surface area (Å²) in [6.45, 7) is 4.66. The van der Waals surface area contributed by atoms with E-state index in [-0.39, 0.29) is 17.6 Å². The lowest BCUT2D eigenvalue weighted by Gasteiger charge is -2.30. The Morgan fingerprint density at radius 3 is 2.58 bits per heavy atom. The van der Waals surface area contributed by atoms with Crippen LogP contribution in [-0.4, -0.2) is 49.5 Å². The van der Waals surface area contributed by atoms with E-state index in [9.17, 15) is 9.59 Å². The Hall–Kier alpha value is -3.28. The van der Waals surface area contributed by atoms with Gasteiger partial charge in [0.05, 0.1) is 6.61 Å². The minimum absolute atomic E-state index is 0.0449. The number of nitrogens with zero attached hydrogens (tertiary/aromatic N) is 1. The van der Waals surface area contributed by atoms with E-state index in [0.29, 0.717) is 62.8 Å². The van der Waals surface area contributed by atoms with Crippen LogP contribution in [0, 0.1) is 5.92 Å². The van der Waals surface area contributed by atoms with E-state index in [1.54, 1.807) is 35.3 Å². The zero-order chi connectivity index (χ0) is 21.6. The molecule has 1 amide bonds. The number of fused-ring (bicyclic) bond motifs is 1. The van der Waals surface area contributed by atoms with E-state index in [1.807, 2.05) is 31.2 Å². The van der Waals surface area contributed by atoms with E-state index in [2.05, 4.69) is 0 Å². The van der Waals surface area contributed by atoms with Crippen molar-refractivity contribution in [1.29, 1.82) is 0 Å². The number of carbonyl (C=O) groups excluding carboxylic acids is 2. The van der Waals surface area contributed by atoms with Gasteiger partial charge in [-0.05, 0) is 50.1 Å². The fourth-order valence-corrected chi connectivity index (χ4v) is 3.97. The predicted molar refractivity (Wildman–Crippen MR) is 118 cm³/mol. The second kappa shape index (κ2) is 9.69. The first-order valence-electron chi connectivity index (χ1n) is 10.8. The fraction of sp³-hybridized carbons (Fsp3) is 0.360. The van der Waals surface area contributed by atoms with Crippen molar-refractivity contribution in [1.82, 2.24) is 4.90 Å². The highest BCUT2D eigenvalue weighted by molar-refractivity contribution is 5.99. The van der Waals surface area contributed by atoms with Crippen LogP contribution in [-0.2, 0) is 4.79 Å². The minimum Gasteiger partial charge on any atom is -0.493 e. The molecule has 31 heavy (non-hydrogen) atoms. The highest BCUT2D eigenvalue weighted by Crippen LogP contribution is 2.32.